The minimum Gasteiger partial charge on any atom is -0.340 e. The molecule has 138 valence electrons. The van der Waals surface area contributed by atoms with Crippen LogP contribution in [0.15, 0.2) is 54.6 Å². The number of amides is 2. The zero-order chi connectivity index (χ0) is 19.3. The zero-order valence-electron chi connectivity index (χ0n) is 15.6. The number of hydrogen-bond acceptors (Lipinski definition) is 2. The lowest BCUT2D eigenvalue weighted by molar-refractivity contribution is -0.135. The van der Waals surface area contributed by atoms with Gasteiger partial charge < -0.3 is 10.2 Å². The van der Waals surface area contributed by atoms with Crippen LogP contribution in [-0.4, -0.2) is 29.8 Å². The minimum atomic E-state index is -0.630. The second-order valence-electron chi connectivity index (χ2n) is 6.71. The maximum atomic E-state index is 13.0. The number of likely N-dealkylation sites (N-methyl/N-ethyl adjacent to an activating group) is 1. The average Bonchev–Trinajstić information content (AvgIpc) is 2.65. The minimum absolute atomic E-state index is 0.0561. The Bertz CT molecular complexity index is 762. The Balaban J connectivity index is 2.17. The maximum Gasteiger partial charge on any atom is 0.253 e. The van der Waals surface area contributed by atoms with Crippen LogP contribution in [0.3, 0.4) is 0 Å². The van der Waals surface area contributed by atoms with Crippen LogP contribution < -0.4 is 5.32 Å². The summed E-state index contributed by atoms with van der Waals surface area (Å²) in [5.74, 6) is -0.528. The summed E-state index contributed by atoms with van der Waals surface area (Å²) in [5, 5.41) is 3.21. The maximum absolute atomic E-state index is 13.0. The molecule has 26 heavy (non-hydrogen) atoms. The van der Waals surface area contributed by atoms with Crippen LogP contribution in [0.5, 0.6) is 0 Å². The molecule has 0 saturated heterocycles. The molecule has 0 bridgehead atoms. The van der Waals surface area contributed by atoms with E-state index < -0.39 is 6.04 Å². The largest absolute Gasteiger partial charge is 0.340 e. The number of benzene rings is 2. The number of hydrogen-bond donors (Lipinski definition) is 1. The monoisotopic (exact) mass is 372 g/mol. The molecule has 0 aliphatic heterocycles. The summed E-state index contributed by atoms with van der Waals surface area (Å²) in [7, 11) is 1.76. The van der Waals surface area contributed by atoms with E-state index in [1.807, 2.05) is 51.1 Å². The van der Waals surface area contributed by atoms with E-state index in [0.717, 1.165) is 5.56 Å². The number of rotatable bonds is 6. The zero-order valence-corrected chi connectivity index (χ0v) is 16.3. The number of nitrogens with zero attached hydrogens (tertiary/aromatic N) is 1. The van der Waals surface area contributed by atoms with E-state index in [1.165, 1.54) is 0 Å². The van der Waals surface area contributed by atoms with Gasteiger partial charge in [-0.3, -0.25) is 9.59 Å². The van der Waals surface area contributed by atoms with E-state index in [2.05, 4.69) is 5.32 Å². The quantitative estimate of drug-likeness (QED) is 0.821. The Morgan fingerprint density at radius 1 is 0.962 bits per heavy atom. The predicted octanol–water partition coefficient (Wildman–Crippen LogP) is 4.31. The van der Waals surface area contributed by atoms with E-state index >= 15 is 0 Å². The van der Waals surface area contributed by atoms with Gasteiger partial charge in [0.1, 0.15) is 6.04 Å². The van der Waals surface area contributed by atoms with E-state index in [0.29, 0.717) is 10.6 Å². The predicted molar refractivity (Wildman–Crippen MR) is 105 cm³/mol. The van der Waals surface area contributed by atoms with Crippen LogP contribution >= 0.6 is 11.6 Å². The van der Waals surface area contributed by atoms with E-state index in [1.54, 1.807) is 36.2 Å². The Hall–Kier alpha value is -2.33. The first-order valence-electron chi connectivity index (χ1n) is 8.70. The molecule has 2 amide bonds. The number of halogens is 1. The standard InChI is InChI=1S/C21H25ClN2O2/c1-14(2)19(23-20(25)17-12-8-9-13-18(17)22)21(26)24(4)15(3)16-10-6-5-7-11-16/h5-15,19H,1-4H3,(H,23,25). The number of nitrogens with one attached hydrogen (secondary N) is 1. The number of carbonyl (C=O) groups excluding carboxylic acids is 2. The molecule has 0 aromatic heterocycles. The summed E-state index contributed by atoms with van der Waals surface area (Å²) in [5.41, 5.74) is 1.41. The highest BCUT2D eigenvalue weighted by Gasteiger charge is 2.30. The van der Waals surface area contributed by atoms with Crippen LogP contribution in [0.25, 0.3) is 0 Å². The molecule has 2 rings (SSSR count). The molecular formula is C21H25ClN2O2. The lowest BCUT2D eigenvalue weighted by Crippen LogP contribution is -2.50. The van der Waals surface area contributed by atoms with Crippen LogP contribution in [0, 0.1) is 5.92 Å². The fourth-order valence-corrected chi connectivity index (χ4v) is 2.96. The van der Waals surface area contributed by atoms with E-state index in [-0.39, 0.29) is 23.8 Å². The van der Waals surface area contributed by atoms with Crippen molar-refractivity contribution in [3.8, 4) is 0 Å². The second-order valence-corrected chi connectivity index (χ2v) is 7.12. The lowest BCUT2D eigenvalue weighted by atomic mass is 10.00. The van der Waals surface area contributed by atoms with Crippen LogP contribution in [0.2, 0.25) is 5.02 Å². The third-order valence-corrected chi connectivity index (χ3v) is 4.88. The molecule has 5 heteroatoms. The van der Waals surface area contributed by atoms with Gasteiger partial charge in [0.2, 0.25) is 5.91 Å². The summed E-state index contributed by atoms with van der Waals surface area (Å²) < 4.78 is 0. The van der Waals surface area contributed by atoms with Crippen molar-refractivity contribution in [3.05, 3.63) is 70.7 Å². The van der Waals surface area contributed by atoms with Gasteiger partial charge in [-0.15, -0.1) is 0 Å². The topological polar surface area (TPSA) is 49.4 Å². The Morgan fingerprint density at radius 2 is 1.54 bits per heavy atom. The SMILES string of the molecule is CC(C)C(NC(=O)c1ccccc1Cl)C(=O)N(C)C(C)c1ccccc1. The Kier molecular flexibility index (Phi) is 6.81. The summed E-state index contributed by atoms with van der Waals surface area (Å²) in [6, 6.07) is 15.9. The molecule has 0 saturated carbocycles. The first kappa shape index (κ1) is 20.0. The molecule has 0 spiro atoms. The molecule has 0 aliphatic rings. The van der Waals surface area contributed by atoms with Crippen molar-refractivity contribution in [2.75, 3.05) is 7.05 Å². The average molecular weight is 373 g/mol. The van der Waals surface area contributed by atoms with Crippen LogP contribution in [0.1, 0.15) is 42.7 Å². The van der Waals surface area contributed by atoms with Gasteiger partial charge in [0, 0.05) is 7.05 Å². The van der Waals surface area contributed by atoms with Gasteiger partial charge in [0.25, 0.3) is 5.91 Å². The molecule has 4 nitrogen and oxygen atoms in total. The third-order valence-electron chi connectivity index (χ3n) is 4.55. The highest BCUT2D eigenvalue weighted by atomic mass is 35.5. The molecular weight excluding hydrogens is 348 g/mol. The van der Waals surface area contributed by atoms with Gasteiger partial charge in [-0.2, -0.15) is 0 Å². The summed E-state index contributed by atoms with van der Waals surface area (Å²) >= 11 is 6.10. The van der Waals surface area contributed by atoms with Crippen molar-refractivity contribution in [1.82, 2.24) is 10.2 Å². The molecule has 0 aliphatic carbocycles. The third kappa shape index (κ3) is 4.64. The highest BCUT2D eigenvalue weighted by molar-refractivity contribution is 6.33. The fourth-order valence-electron chi connectivity index (χ4n) is 2.74. The normalized spacial score (nSPS) is 13.2. The van der Waals surface area contributed by atoms with Crippen LogP contribution in [-0.2, 0) is 4.79 Å². The summed E-state index contributed by atoms with van der Waals surface area (Å²) in [6.07, 6.45) is 0. The smallest absolute Gasteiger partial charge is 0.253 e. The van der Waals surface area contributed by atoms with Crippen molar-refractivity contribution in [1.29, 1.82) is 0 Å². The molecule has 0 heterocycles. The van der Waals surface area contributed by atoms with E-state index in [4.69, 9.17) is 11.6 Å². The lowest BCUT2D eigenvalue weighted by Gasteiger charge is -2.31. The summed E-state index contributed by atoms with van der Waals surface area (Å²) in [6.45, 7) is 5.80. The van der Waals surface area contributed by atoms with Gasteiger partial charge in [-0.1, -0.05) is 67.9 Å². The van der Waals surface area contributed by atoms with Crippen molar-refractivity contribution in [3.63, 3.8) is 0 Å². The molecule has 1 N–H and O–H groups in total. The first-order chi connectivity index (χ1) is 12.3. The second kappa shape index (κ2) is 8.86. The van der Waals surface area contributed by atoms with Crippen molar-refractivity contribution in [2.45, 2.75) is 32.9 Å². The molecule has 0 radical (unpaired) electrons. The Morgan fingerprint density at radius 3 is 2.12 bits per heavy atom. The fraction of sp³-hybridized carbons (Fsp3) is 0.333. The molecule has 2 unspecified atom stereocenters. The van der Waals surface area contributed by atoms with Crippen LogP contribution in [0.4, 0.5) is 0 Å². The van der Waals surface area contributed by atoms with Gasteiger partial charge >= 0.3 is 0 Å². The van der Waals surface area contributed by atoms with Crippen molar-refractivity contribution >= 4 is 23.4 Å². The van der Waals surface area contributed by atoms with Gasteiger partial charge in [-0.05, 0) is 30.5 Å². The highest BCUT2D eigenvalue weighted by Crippen LogP contribution is 2.21. The molecule has 2 aromatic carbocycles. The van der Waals surface area contributed by atoms with Gasteiger partial charge in [0.05, 0.1) is 16.6 Å². The Labute approximate surface area is 160 Å². The van der Waals surface area contributed by atoms with Crippen molar-refractivity contribution < 1.29 is 9.59 Å². The first-order valence-corrected chi connectivity index (χ1v) is 9.07. The van der Waals surface area contributed by atoms with Gasteiger partial charge in [0.15, 0.2) is 0 Å². The van der Waals surface area contributed by atoms with Crippen molar-refractivity contribution in [2.24, 2.45) is 5.92 Å². The molecule has 2 aromatic rings. The van der Waals surface area contributed by atoms with Gasteiger partial charge in [-0.25, -0.2) is 0 Å². The molecule has 2 atom stereocenters. The molecule has 0 fully saturated rings. The summed E-state index contributed by atoms with van der Waals surface area (Å²) in [4.78, 5) is 27.3. The number of carbonyl (C=O) groups is 2. The van der Waals surface area contributed by atoms with E-state index in [9.17, 15) is 9.59 Å².